The van der Waals surface area contributed by atoms with Crippen LogP contribution in [0, 0.1) is 0 Å². The molecule has 1 aliphatic carbocycles. The van der Waals surface area contributed by atoms with E-state index in [0.717, 1.165) is 4.90 Å². The molecule has 10 N–H and O–H groups in total. The molecule has 2 unspecified atom stereocenters. The Morgan fingerprint density at radius 2 is 1.40 bits per heavy atom. The third-order valence-electron chi connectivity index (χ3n) is 9.88. The topological polar surface area (TPSA) is 316 Å². The number of carbonyl (C=O) groups is 5. The van der Waals surface area contributed by atoms with Gasteiger partial charge in [0.05, 0.1) is 6.10 Å². The SMILES string of the molecule is CN(C(=O)OC(C)(C)C)[C@@H]1[C@@H](O)[C@@H](O[C@@H]2[C@@H](O)[C@H](O[C@H]3O[C@H](CN)CC[C@H]3NC(=O)O)[C@@H](NC(=O)OC(C)(C)C)C[C@H]2NC(=O)C(O)CC[AsH]C(=O)OC(C)(C)C)OC[C@]1(C)O. The minimum absolute atomic E-state index is 0.0498. The molecule has 3 aliphatic rings. The second-order valence-corrected chi connectivity index (χ2v) is 21.7. The maximum atomic E-state index is 13.7. The summed E-state index contributed by atoms with van der Waals surface area (Å²) in [4.78, 5) is 65.3. The number of amides is 4. The Morgan fingerprint density at radius 1 is 0.839 bits per heavy atom. The molecule has 0 radical (unpaired) electrons. The van der Waals surface area contributed by atoms with Crippen LogP contribution in [0.3, 0.4) is 0 Å². The van der Waals surface area contributed by atoms with Crippen LogP contribution in [0.1, 0.15) is 94.9 Å². The summed E-state index contributed by atoms with van der Waals surface area (Å²) in [6.45, 7) is 15.9. The van der Waals surface area contributed by atoms with E-state index in [1.165, 1.54) is 14.0 Å². The van der Waals surface area contributed by atoms with Crippen LogP contribution in [0.4, 0.5) is 19.2 Å². The standard InChI is InChI=1S/C39H70AsN5O17/c1-36(2,3)60-32(50)40-15-14-23(46)29(49)42-21-16-22(44-34(53)61-37(4,5)6)27(58-30-20(43-33(51)52)13-12-19(17-41)57-30)24(47)26(21)59-31-25(48)28(39(10,55)18-56-31)45(11)35(54)62-38(7,8)9/h19-28,30-31,40,43,46-48,55H,12-18,41H2,1-11H3,(H,42,49)(H,44,53)(H,51,52)/t19-,20+,21+,22-,23?,24+,25+,26-,27+,28+,30+,31+,39-/m0/s1. The first-order chi connectivity index (χ1) is 28.4. The molecular formula is C39H70AsN5O17. The Balaban J connectivity index is 2.04. The number of carbonyl (C=O) groups excluding carboxylic acids is 4. The van der Waals surface area contributed by atoms with Crippen LogP contribution < -0.4 is 21.7 Å². The average molecular weight is 956 g/mol. The molecule has 0 bridgehead atoms. The molecule has 1 saturated carbocycles. The number of likely N-dealkylation sites (N-methyl/N-ethyl adjacent to an activating group) is 1. The Labute approximate surface area is 369 Å². The fraction of sp³-hybridized carbons (Fsp3) is 0.872. The second-order valence-electron chi connectivity index (χ2n) is 19.1. The summed E-state index contributed by atoms with van der Waals surface area (Å²) in [5.74, 6) is -0.926. The third kappa shape index (κ3) is 16.2. The number of nitrogens with zero attached hydrogens (tertiary/aromatic N) is 1. The van der Waals surface area contributed by atoms with Crippen LogP contribution in [0.25, 0.3) is 0 Å². The van der Waals surface area contributed by atoms with Gasteiger partial charge in [-0.15, -0.1) is 0 Å². The van der Waals surface area contributed by atoms with Crippen molar-refractivity contribution in [2.75, 3.05) is 20.2 Å². The van der Waals surface area contributed by atoms with Crippen molar-refractivity contribution in [1.29, 1.82) is 0 Å². The van der Waals surface area contributed by atoms with E-state index in [4.69, 9.17) is 38.9 Å². The van der Waals surface area contributed by atoms with Crippen LogP contribution in [0.5, 0.6) is 0 Å². The molecule has 2 heterocycles. The van der Waals surface area contributed by atoms with Gasteiger partial charge < -0.3 is 26.0 Å². The van der Waals surface area contributed by atoms with Crippen molar-refractivity contribution in [3.63, 3.8) is 0 Å². The minimum Gasteiger partial charge on any atom is -0.385 e. The minimum atomic E-state index is -1.86. The van der Waals surface area contributed by atoms with Crippen LogP contribution in [0.15, 0.2) is 0 Å². The molecule has 62 heavy (non-hydrogen) atoms. The number of nitrogens with two attached hydrogens (primary N) is 1. The predicted molar refractivity (Wildman–Crippen MR) is 220 cm³/mol. The fourth-order valence-electron chi connectivity index (χ4n) is 7.26. The van der Waals surface area contributed by atoms with E-state index in [1.807, 2.05) is 0 Å². The monoisotopic (exact) mass is 955 g/mol. The molecule has 14 atom stereocenters. The molecule has 0 aromatic rings. The van der Waals surface area contributed by atoms with Crippen molar-refractivity contribution in [2.24, 2.45) is 5.73 Å². The number of aliphatic hydroxyl groups excluding tert-OH is 3. The van der Waals surface area contributed by atoms with Gasteiger partial charge in [0.25, 0.3) is 0 Å². The number of hydrogen-bond donors (Lipinski definition) is 9. The first-order valence-electron chi connectivity index (χ1n) is 20.7. The number of nitrogens with one attached hydrogen (secondary N) is 3. The van der Waals surface area contributed by atoms with Crippen molar-refractivity contribution in [2.45, 2.75) is 196 Å². The van der Waals surface area contributed by atoms with Crippen LogP contribution >= 0.6 is 0 Å². The molecule has 0 aromatic carbocycles. The van der Waals surface area contributed by atoms with Crippen LogP contribution in [0.2, 0.25) is 5.21 Å². The molecule has 2 aliphatic heterocycles. The van der Waals surface area contributed by atoms with E-state index >= 15 is 0 Å². The number of carboxylic acid groups (broad SMARTS) is 1. The predicted octanol–water partition coefficient (Wildman–Crippen LogP) is 0.244. The summed E-state index contributed by atoms with van der Waals surface area (Å²) in [6, 6.07) is -4.89. The Bertz CT molecular complexity index is 1540. The van der Waals surface area contributed by atoms with Crippen molar-refractivity contribution in [3.05, 3.63) is 0 Å². The quantitative estimate of drug-likeness (QED) is 0.0832. The third-order valence-corrected chi connectivity index (χ3v) is 11.8. The molecule has 3 rings (SSSR count). The molecule has 3 fully saturated rings. The van der Waals surface area contributed by atoms with Crippen LogP contribution in [-0.4, -0.2) is 191 Å². The number of ether oxygens (including phenoxy) is 7. The number of rotatable bonds is 14. The summed E-state index contributed by atoms with van der Waals surface area (Å²) >= 11 is -1.37. The van der Waals surface area contributed by atoms with Gasteiger partial charge >= 0.3 is 248 Å². The van der Waals surface area contributed by atoms with Crippen molar-refractivity contribution in [1.82, 2.24) is 20.9 Å². The molecule has 23 heteroatoms. The van der Waals surface area contributed by atoms with Crippen molar-refractivity contribution in [3.8, 4) is 0 Å². The van der Waals surface area contributed by atoms with E-state index in [-0.39, 0.29) is 31.0 Å². The molecule has 0 aromatic heterocycles. The summed E-state index contributed by atoms with van der Waals surface area (Å²) < 4.78 is 40.4. The van der Waals surface area contributed by atoms with E-state index < -0.39 is 147 Å². The van der Waals surface area contributed by atoms with Gasteiger partial charge in [-0.1, -0.05) is 0 Å². The van der Waals surface area contributed by atoms with Gasteiger partial charge in [0.15, 0.2) is 0 Å². The molecule has 4 amide bonds. The van der Waals surface area contributed by atoms with Crippen molar-refractivity contribution < 1.29 is 82.7 Å². The van der Waals surface area contributed by atoms with Crippen molar-refractivity contribution >= 4 is 44.7 Å². The first kappa shape index (κ1) is 53.3. The van der Waals surface area contributed by atoms with E-state index in [9.17, 15) is 49.5 Å². The molecule has 22 nitrogen and oxygen atoms in total. The molecular weight excluding hydrogens is 885 g/mol. The second kappa shape index (κ2) is 21.8. The Morgan fingerprint density at radius 3 is 1.95 bits per heavy atom. The van der Waals surface area contributed by atoms with E-state index in [0.29, 0.717) is 6.42 Å². The van der Waals surface area contributed by atoms with Crippen LogP contribution in [-0.2, 0) is 38.0 Å². The zero-order valence-electron chi connectivity index (χ0n) is 37.5. The average Bonchev–Trinajstić information content (AvgIpc) is 3.10. The molecule has 2 saturated heterocycles. The van der Waals surface area contributed by atoms with Gasteiger partial charge in [0.1, 0.15) is 5.60 Å². The first-order valence-corrected chi connectivity index (χ1v) is 23.2. The fourth-order valence-corrected chi connectivity index (χ4v) is 9.36. The normalized spacial score (nSPS) is 32.6. The maximum absolute atomic E-state index is 13.7. The number of aliphatic hydroxyl groups is 4. The number of hydrogen-bond acceptors (Lipinski definition) is 17. The Kier molecular flexibility index (Phi) is 18.7. The van der Waals surface area contributed by atoms with Gasteiger partial charge in [0, 0.05) is 13.6 Å². The summed E-state index contributed by atoms with van der Waals surface area (Å²) in [6.07, 6.45) is -15.1. The van der Waals surface area contributed by atoms with Gasteiger partial charge in [0.2, 0.25) is 0 Å². The van der Waals surface area contributed by atoms with Gasteiger partial charge in [-0.05, 0) is 61.3 Å². The van der Waals surface area contributed by atoms with E-state index in [1.54, 1.807) is 62.3 Å². The van der Waals surface area contributed by atoms with Gasteiger partial charge in [-0.3, -0.25) is 0 Å². The van der Waals surface area contributed by atoms with Gasteiger partial charge in [-0.25, -0.2) is 9.59 Å². The summed E-state index contributed by atoms with van der Waals surface area (Å²) in [5.41, 5.74) is 1.42. The summed E-state index contributed by atoms with van der Waals surface area (Å²) in [7, 11) is 1.31. The molecule has 358 valence electrons. The number of alkyl carbamates (subject to hydrolysis) is 1. The molecule has 0 spiro atoms. The van der Waals surface area contributed by atoms with Gasteiger partial charge in [-0.2, -0.15) is 0 Å². The zero-order valence-corrected chi connectivity index (χ0v) is 39.6. The van der Waals surface area contributed by atoms with E-state index in [2.05, 4.69) is 16.0 Å². The Hall–Kier alpha value is -3.05. The summed E-state index contributed by atoms with van der Waals surface area (Å²) in [5, 5.41) is 63.9. The smallest absolute Gasteiger partial charge is 0.385 e. The zero-order chi connectivity index (χ0) is 47.1.